The Balaban J connectivity index is 1.99. The molecule has 1 aromatic carbocycles. The number of rotatable bonds is 8. The maximum absolute atomic E-state index is 10.9. The van der Waals surface area contributed by atoms with Crippen molar-refractivity contribution in [2.45, 2.75) is 19.8 Å². The van der Waals surface area contributed by atoms with Crippen molar-refractivity contribution in [2.75, 3.05) is 27.1 Å². The van der Waals surface area contributed by atoms with Crippen molar-refractivity contribution >= 4 is 5.91 Å². The minimum absolute atomic E-state index is 0.0188. The molecule has 1 aromatic rings. The first-order valence-corrected chi connectivity index (χ1v) is 6.14. The number of amides is 1. The number of carbonyl (C=O) groups excluding carboxylic acids is 1. The Morgan fingerprint density at radius 2 is 1.83 bits per heavy atom. The summed E-state index contributed by atoms with van der Waals surface area (Å²) >= 11 is 0. The molecule has 0 saturated carbocycles. The first kappa shape index (κ1) is 14.7. The summed E-state index contributed by atoms with van der Waals surface area (Å²) < 4.78 is 10.5. The summed E-state index contributed by atoms with van der Waals surface area (Å²) in [6, 6.07) is 8.39. The van der Waals surface area contributed by atoms with Gasteiger partial charge in [-0.1, -0.05) is 29.8 Å². The number of benzene rings is 1. The van der Waals surface area contributed by atoms with E-state index in [1.54, 1.807) is 7.05 Å². The molecule has 1 N–H and O–H groups in total. The maximum Gasteiger partial charge on any atom is 0.222 e. The van der Waals surface area contributed by atoms with Crippen molar-refractivity contribution in [3.8, 4) is 0 Å². The molecule has 0 aliphatic heterocycles. The number of aryl methyl sites for hydroxylation is 1. The molecule has 0 bridgehead atoms. The van der Waals surface area contributed by atoms with E-state index in [0.717, 1.165) is 6.42 Å². The molecule has 0 atom stereocenters. The van der Waals surface area contributed by atoms with E-state index < -0.39 is 0 Å². The molecule has 0 fully saturated rings. The Hall–Kier alpha value is -1.39. The van der Waals surface area contributed by atoms with Gasteiger partial charge >= 0.3 is 0 Å². The second-order valence-electron chi connectivity index (χ2n) is 4.09. The minimum Gasteiger partial charge on any atom is -0.359 e. The fourth-order valence-corrected chi connectivity index (χ4v) is 1.41. The van der Waals surface area contributed by atoms with Gasteiger partial charge in [-0.2, -0.15) is 0 Å². The summed E-state index contributed by atoms with van der Waals surface area (Å²) in [5, 5.41) is 2.53. The molecule has 0 aliphatic carbocycles. The van der Waals surface area contributed by atoms with Crippen LogP contribution in [0.3, 0.4) is 0 Å². The lowest BCUT2D eigenvalue weighted by Gasteiger charge is -2.06. The predicted octanol–water partition coefficient (Wildman–Crippen LogP) is 1.66. The average Bonchev–Trinajstić information content (AvgIpc) is 2.39. The summed E-state index contributed by atoms with van der Waals surface area (Å²) in [4.78, 5) is 10.9. The quantitative estimate of drug-likeness (QED) is 0.564. The smallest absolute Gasteiger partial charge is 0.222 e. The topological polar surface area (TPSA) is 47.6 Å². The standard InChI is InChI=1S/C14H21NO3/c1-12-3-5-13(6-4-12)7-9-17-11-18-10-8-14(16)15-2/h3-6H,7-11H2,1-2H3,(H,15,16). The number of carbonyl (C=O) groups is 1. The maximum atomic E-state index is 10.9. The van der Waals surface area contributed by atoms with E-state index in [1.165, 1.54) is 11.1 Å². The Kier molecular flexibility index (Phi) is 7.06. The van der Waals surface area contributed by atoms with E-state index >= 15 is 0 Å². The van der Waals surface area contributed by atoms with Crippen LogP contribution in [0.1, 0.15) is 17.5 Å². The Morgan fingerprint density at radius 1 is 1.17 bits per heavy atom. The third-order valence-corrected chi connectivity index (χ3v) is 2.57. The first-order valence-electron chi connectivity index (χ1n) is 6.14. The van der Waals surface area contributed by atoms with Crippen LogP contribution in [0, 0.1) is 6.92 Å². The van der Waals surface area contributed by atoms with E-state index in [2.05, 4.69) is 36.5 Å². The van der Waals surface area contributed by atoms with Crippen LogP contribution in [0.2, 0.25) is 0 Å². The van der Waals surface area contributed by atoms with Crippen LogP contribution in [0.25, 0.3) is 0 Å². The van der Waals surface area contributed by atoms with E-state index in [1.807, 2.05) is 0 Å². The third kappa shape index (κ3) is 6.37. The van der Waals surface area contributed by atoms with Crippen molar-refractivity contribution in [1.82, 2.24) is 5.32 Å². The highest BCUT2D eigenvalue weighted by Crippen LogP contribution is 2.03. The van der Waals surface area contributed by atoms with Crippen LogP contribution in [0.5, 0.6) is 0 Å². The monoisotopic (exact) mass is 251 g/mol. The lowest BCUT2D eigenvalue weighted by Crippen LogP contribution is -2.19. The number of ether oxygens (including phenoxy) is 2. The number of hydrogen-bond donors (Lipinski definition) is 1. The lowest BCUT2D eigenvalue weighted by molar-refractivity contribution is -0.123. The molecular formula is C14H21NO3. The zero-order valence-corrected chi connectivity index (χ0v) is 11.1. The summed E-state index contributed by atoms with van der Waals surface area (Å²) in [5.41, 5.74) is 2.52. The van der Waals surface area contributed by atoms with Gasteiger partial charge in [-0.15, -0.1) is 0 Å². The number of nitrogens with one attached hydrogen (secondary N) is 1. The molecule has 0 radical (unpaired) electrons. The molecule has 1 amide bonds. The van der Waals surface area contributed by atoms with Crippen molar-refractivity contribution in [1.29, 1.82) is 0 Å². The van der Waals surface area contributed by atoms with Crippen molar-refractivity contribution in [3.05, 3.63) is 35.4 Å². The number of hydrogen-bond acceptors (Lipinski definition) is 3. The lowest BCUT2D eigenvalue weighted by atomic mass is 10.1. The van der Waals surface area contributed by atoms with Crippen LogP contribution < -0.4 is 5.32 Å². The van der Waals surface area contributed by atoms with E-state index in [0.29, 0.717) is 19.6 Å². The Labute approximate surface area is 108 Å². The largest absolute Gasteiger partial charge is 0.359 e. The second-order valence-corrected chi connectivity index (χ2v) is 4.09. The second kappa shape index (κ2) is 8.66. The molecule has 0 aliphatic rings. The molecule has 0 saturated heterocycles. The van der Waals surface area contributed by atoms with E-state index in [4.69, 9.17) is 9.47 Å². The Bertz CT molecular complexity index is 349. The van der Waals surface area contributed by atoms with Gasteiger partial charge in [-0.25, -0.2) is 0 Å². The molecule has 1 rings (SSSR count). The molecule has 18 heavy (non-hydrogen) atoms. The van der Waals surface area contributed by atoms with Gasteiger partial charge in [0.2, 0.25) is 5.91 Å². The first-order chi connectivity index (χ1) is 8.72. The normalized spacial score (nSPS) is 10.3. The summed E-state index contributed by atoms with van der Waals surface area (Å²) in [7, 11) is 1.61. The van der Waals surface area contributed by atoms with E-state index in [9.17, 15) is 4.79 Å². The molecule has 0 unspecified atom stereocenters. The highest BCUT2D eigenvalue weighted by Gasteiger charge is 1.97. The highest BCUT2D eigenvalue weighted by molar-refractivity contribution is 5.75. The third-order valence-electron chi connectivity index (χ3n) is 2.57. The zero-order chi connectivity index (χ0) is 13.2. The van der Waals surface area contributed by atoms with Crippen LogP contribution in [-0.2, 0) is 20.7 Å². The summed E-state index contributed by atoms with van der Waals surface area (Å²) in [6.45, 7) is 3.33. The van der Waals surface area contributed by atoms with Gasteiger partial charge < -0.3 is 14.8 Å². The SMILES string of the molecule is CNC(=O)CCOCOCCc1ccc(C)cc1. The predicted molar refractivity (Wildman–Crippen MR) is 70.3 cm³/mol. The van der Waals surface area contributed by atoms with Crippen molar-refractivity contribution in [3.63, 3.8) is 0 Å². The van der Waals surface area contributed by atoms with Gasteiger partial charge in [-0.05, 0) is 18.9 Å². The van der Waals surface area contributed by atoms with Gasteiger partial charge in [0, 0.05) is 7.05 Å². The van der Waals surface area contributed by atoms with E-state index in [-0.39, 0.29) is 12.7 Å². The summed E-state index contributed by atoms with van der Waals surface area (Å²) in [5.74, 6) is -0.0188. The fraction of sp³-hybridized carbons (Fsp3) is 0.500. The summed E-state index contributed by atoms with van der Waals surface area (Å²) in [6.07, 6.45) is 1.25. The molecule has 0 aromatic heterocycles. The van der Waals surface area contributed by atoms with Crippen molar-refractivity contribution < 1.29 is 14.3 Å². The van der Waals surface area contributed by atoms with Gasteiger partial charge in [0.15, 0.2) is 0 Å². The molecule has 100 valence electrons. The minimum atomic E-state index is -0.0188. The van der Waals surface area contributed by atoms with Crippen LogP contribution in [0.15, 0.2) is 24.3 Å². The highest BCUT2D eigenvalue weighted by atomic mass is 16.7. The van der Waals surface area contributed by atoms with Gasteiger partial charge in [-0.3, -0.25) is 4.79 Å². The van der Waals surface area contributed by atoms with Crippen molar-refractivity contribution in [2.24, 2.45) is 0 Å². The molecule has 4 nitrogen and oxygen atoms in total. The average molecular weight is 251 g/mol. The molecule has 0 spiro atoms. The van der Waals surface area contributed by atoms with Crippen LogP contribution in [0.4, 0.5) is 0 Å². The van der Waals surface area contributed by atoms with Gasteiger partial charge in [0.25, 0.3) is 0 Å². The zero-order valence-electron chi connectivity index (χ0n) is 11.1. The van der Waals surface area contributed by atoms with Crippen LogP contribution >= 0.6 is 0 Å². The van der Waals surface area contributed by atoms with Crippen LogP contribution in [-0.4, -0.2) is 33.0 Å². The fourth-order valence-electron chi connectivity index (χ4n) is 1.41. The molecule has 0 heterocycles. The molecular weight excluding hydrogens is 230 g/mol. The van der Waals surface area contributed by atoms with Gasteiger partial charge in [0.1, 0.15) is 6.79 Å². The molecule has 4 heteroatoms. The Morgan fingerprint density at radius 3 is 2.50 bits per heavy atom. The van der Waals surface area contributed by atoms with Gasteiger partial charge in [0.05, 0.1) is 19.6 Å².